The average Bonchev–Trinajstić information content (AvgIpc) is 2.04. The summed E-state index contributed by atoms with van der Waals surface area (Å²) in [6.07, 6.45) is 2.09. The van der Waals surface area contributed by atoms with E-state index in [0.29, 0.717) is 0 Å². The molecule has 3 fully saturated rings. The second-order valence-electron chi connectivity index (χ2n) is 4.81. The fraction of sp³-hybridized carbons (Fsp3) is 1.00. The van der Waals surface area contributed by atoms with Crippen LogP contribution in [0.4, 0.5) is 0 Å². The van der Waals surface area contributed by atoms with Crippen LogP contribution < -0.4 is 0 Å². The van der Waals surface area contributed by atoms with Gasteiger partial charge in [0.05, 0.1) is 0 Å². The van der Waals surface area contributed by atoms with E-state index in [9.17, 15) is 4.91 Å². The molecule has 3 nitrogen and oxygen atoms in total. The van der Waals surface area contributed by atoms with E-state index in [1.165, 1.54) is 0 Å². The summed E-state index contributed by atoms with van der Waals surface area (Å²) in [7, 11) is 0. The van der Waals surface area contributed by atoms with Crippen LogP contribution >= 0.6 is 0 Å². The highest BCUT2D eigenvalue weighted by atomic mass is 16.3. The van der Waals surface area contributed by atoms with Crippen LogP contribution in [0.5, 0.6) is 0 Å². The largest absolute Gasteiger partial charge is 0.271 e. The molecule has 0 N–H and O–H groups in total. The Morgan fingerprint density at radius 1 is 1.42 bits per heavy atom. The molecule has 3 unspecified atom stereocenters. The molecule has 2 bridgehead atoms. The van der Waals surface area contributed by atoms with Crippen molar-refractivity contribution in [3.05, 3.63) is 4.91 Å². The van der Waals surface area contributed by atoms with E-state index in [4.69, 9.17) is 0 Å². The summed E-state index contributed by atoms with van der Waals surface area (Å²) in [5, 5.41) is 3.27. The zero-order chi connectivity index (χ0) is 8.98. The molecule has 0 aliphatic carbocycles. The van der Waals surface area contributed by atoms with Crippen LogP contribution in [-0.2, 0) is 0 Å². The van der Waals surface area contributed by atoms with Crippen molar-refractivity contribution in [3.8, 4) is 0 Å². The standard InChI is InChI=1S/C9H16N2O/c1-8(2)7-4-5-9(3,10-12)11(8)6-7/h7H,4-6H2,1-3H3. The van der Waals surface area contributed by atoms with Crippen LogP contribution in [0.15, 0.2) is 5.18 Å². The molecule has 3 saturated heterocycles. The number of rotatable bonds is 1. The summed E-state index contributed by atoms with van der Waals surface area (Å²) >= 11 is 0. The first kappa shape index (κ1) is 8.17. The zero-order valence-electron chi connectivity index (χ0n) is 8.00. The van der Waals surface area contributed by atoms with E-state index in [0.717, 1.165) is 25.3 Å². The lowest BCUT2D eigenvalue weighted by Crippen LogP contribution is -2.73. The quantitative estimate of drug-likeness (QED) is 0.561. The van der Waals surface area contributed by atoms with Crippen molar-refractivity contribution in [2.75, 3.05) is 6.54 Å². The van der Waals surface area contributed by atoms with Crippen LogP contribution in [0.25, 0.3) is 0 Å². The Hall–Kier alpha value is -0.440. The highest BCUT2D eigenvalue weighted by Crippen LogP contribution is 2.50. The van der Waals surface area contributed by atoms with Crippen molar-refractivity contribution in [2.24, 2.45) is 11.1 Å². The van der Waals surface area contributed by atoms with Crippen LogP contribution in [0.1, 0.15) is 33.6 Å². The molecule has 3 atom stereocenters. The van der Waals surface area contributed by atoms with Crippen molar-refractivity contribution in [3.63, 3.8) is 0 Å². The molecule has 12 heavy (non-hydrogen) atoms. The lowest BCUT2D eigenvalue weighted by Gasteiger charge is -2.64. The van der Waals surface area contributed by atoms with Crippen LogP contribution in [0, 0.1) is 10.8 Å². The number of piperidine rings is 2. The van der Waals surface area contributed by atoms with Gasteiger partial charge in [0.1, 0.15) is 0 Å². The first-order chi connectivity index (χ1) is 5.50. The molecule has 0 spiro atoms. The minimum atomic E-state index is -0.418. The highest BCUT2D eigenvalue weighted by Gasteiger charge is 2.58. The van der Waals surface area contributed by atoms with Crippen LogP contribution in [0.3, 0.4) is 0 Å². The van der Waals surface area contributed by atoms with Crippen LogP contribution in [0.2, 0.25) is 0 Å². The van der Waals surface area contributed by atoms with Crippen molar-refractivity contribution in [1.29, 1.82) is 0 Å². The maximum Gasteiger partial charge on any atom is 0.153 e. The average molecular weight is 168 g/mol. The Morgan fingerprint density at radius 2 is 2.08 bits per heavy atom. The molecule has 0 aromatic heterocycles. The monoisotopic (exact) mass is 168 g/mol. The Morgan fingerprint density at radius 3 is 2.42 bits per heavy atom. The molecule has 3 aliphatic rings. The summed E-state index contributed by atoms with van der Waals surface area (Å²) in [5.74, 6) is 0.785. The van der Waals surface area contributed by atoms with Gasteiger partial charge in [-0.05, 0) is 44.7 Å². The molecule has 0 aromatic carbocycles. The van der Waals surface area contributed by atoms with Gasteiger partial charge in [-0.1, -0.05) is 0 Å². The van der Waals surface area contributed by atoms with Gasteiger partial charge in [-0.2, -0.15) is 0 Å². The smallest absolute Gasteiger partial charge is 0.153 e. The summed E-state index contributed by atoms with van der Waals surface area (Å²) in [6.45, 7) is 7.44. The van der Waals surface area contributed by atoms with Crippen molar-refractivity contribution in [2.45, 2.75) is 44.8 Å². The van der Waals surface area contributed by atoms with E-state index in [1.807, 2.05) is 6.92 Å². The number of hydrogen-bond acceptors (Lipinski definition) is 3. The topological polar surface area (TPSA) is 32.7 Å². The van der Waals surface area contributed by atoms with Gasteiger partial charge in [-0.3, -0.25) is 4.90 Å². The van der Waals surface area contributed by atoms with Gasteiger partial charge >= 0.3 is 0 Å². The molecule has 3 aliphatic heterocycles. The van der Waals surface area contributed by atoms with Gasteiger partial charge in [-0.25, -0.2) is 0 Å². The summed E-state index contributed by atoms with van der Waals surface area (Å²) in [4.78, 5) is 13.0. The fourth-order valence-corrected chi connectivity index (χ4v) is 2.73. The lowest BCUT2D eigenvalue weighted by atomic mass is 9.67. The predicted octanol–water partition coefficient (Wildman–Crippen LogP) is 1.97. The van der Waals surface area contributed by atoms with Crippen molar-refractivity contribution < 1.29 is 0 Å². The number of hydrogen-bond donors (Lipinski definition) is 0. The minimum absolute atomic E-state index is 0.209. The number of nitrogens with zero attached hydrogens (tertiary/aromatic N) is 2. The Kier molecular flexibility index (Phi) is 1.41. The minimum Gasteiger partial charge on any atom is -0.271 e. The summed E-state index contributed by atoms with van der Waals surface area (Å²) in [5.41, 5.74) is -0.209. The van der Waals surface area contributed by atoms with Crippen LogP contribution in [-0.4, -0.2) is 22.6 Å². The third-order valence-corrected chi connectivity index (χ3v) is 3.84. The van der Waals surface area contributed by atoms with E-state index in [2.05, 4.69) is 23.9 Å². The molecule has 0 radical (unpaired) electrons. The molecule has 3 heterocycles. The van der Waals surface area contributed by atoms with E-state index in [1.54, 1.807) is 0 Å². The van der Waals surface area contributed by atoms with Gasteiger partial charge in [0.2, 0.25) is 0 Å². The first-order valence-corrected chi connectivity index (χ1v) is 4.63. The van der Waals surface area contributed by atoms with Gasteiger partial charge in [-0.15, -0.1) is 4.91 Å². The zero-order valence-corrected chi connectivity index (χ0v) is 8.00. The number of nitroso groups, excluding NO2 is 1. The maximum absolute atomic E-state index is 10.7. The Balaban J connectivity index is 2.27. The predicted molar refractivity (Wildman–Crippen MR) is 47.7 cm³/mol. The Labute approximate surface area is 73.1 Å². The molecule has 0 saturated carbocycles. The third-order valence-electron chi connectivity index (χ3n) is 3.84. The molecule has 68 valence electrons. The fourth-order valence-electron chi connectivity index (χ4n) is 2.73. The second kappa shape index (κ2) is 2.08. The summed E-state index contributed by atoms with van der Waals surface area (Å²) in [6, 6.07) is 0. The molecular formula is C9H16N2O. The Bertz CT molecular complexity index is 225. The lowest BCUT2D eigenvalue weighted by molar-refractivity contribution is -0.168. The molecule has 3 heteroatoms. The molecule has 3 rings (SSSR count). The first-order valence-electron chi connectivity index (χ1n) is 4.63. The number of fused-ring (bicyclic) bond motifs is 2. The SMILES string of the molecule is CC1(N=O)CCC2CN1C2(C)C. The molecule has 0 aromatic rings. The second-order valence-corrected chi connectivity index (χ2v) is 4.81. The van der Waals surface area contributed by atoms with E-state index < -0.39 is 5.66 Å². The van der Waals surface area contributed by atoms with E-state index >= 15 is 0 Å². The normalized spacial score (nSPS) is 49.6. The van der Waals surface area contributed by atoms with E-state index in [-0.39, 0.29) is 5.54 Å². The third kappa shape index (κ3) is 0.750. The van der Waals surface area contributed by atoms with Gasteiger partial charge < -0.3 is 0 Å². The molecular weight excluding hydrogens is 152 g/mol. The molecule has 0 amide bonds. The van der Waals surface area contributed by atoms with Gasteiger partial charge in [0.25, 0.3) is 0 Å². The maximum atomic E-state index is 10.7. The van der Waals surface area contributed by atoms with Gasteiger partial charge in [0, 0.05) is 12.1 Å². The van der Waals surface area contributed by atoms with Crippen molar-refractivity contribution in [1.82, 2.24) is 4.90 Å². The highest BCUT2D eigenvalue weighted by molar-refractivity contribution is 5.10. The van der Waals surface area contributed by atoms with Gasteiger partial charge in [0.15, 0.2) is 5.66 Å². The van der Waals surface area contributed by atoms with Crippen molar-refractivity contribution >= 4 is 0 Å². The summed E-state index contributed by atoms with van der Waals surface area (Å²) < 4.78 is 0.